The summed E-state index contributed by atoms with van der Waals surface area (Å²) < 4.78 is 4.59. The van der Waals surface area contributed by atoms with Crippen molar-refractivity contribution in [1.29, 1.82) is 0 Å². The minimum absolute atomic E-state index is 0.00195. The molecule has 0 amide bonds. The number of nitrogens with zero attached hydrogens (tertiary/aromatic N) is 3. The Bertz CT molecular complexity index is 525. The summed E-state index contributed by atoms with van der Waals surface area (Å²) >= 11 is 1.50. The number of esters is 1. The Labute approximate surface area is 114 Å². The van der Waals surface area contributed by atoms with Crippen molar-refractivity contribution in [3.05, 3.63) is 23.2 Å². The minimum atomic E-state index is -0.225. The zero-order valence-corrected chi connectivity index (χ0v) is 11.5. The second-order valence-corrected chi connectivity index (χ2v) is 4.81. The number of carbonyl (C=O) groups excluding carboxylic acids is 1. The molecule has 0 fully saturated rings. The Hall–Kier alpha value is -1.96. The summed E-state index contributed by atoms with van der Waals surface area (Å²) in [7, 11) is 1.38. The van der Waals surface area contributed by atoms with Crippen LogP contribution in [0.3, 0.4) is 0 Å². The van der Waals surface area contributed by atoms with Crippen molar-refractivity contribution in [1.82, 2.24) is 20.2 Å². The summed E-state index contributed by atoms with van der Waals surface area (Å²) in [5, 5.41) is 12.6. The number of nitrogens with one attached hydrogen (secondary N) is 2. The summed E-state index contributed by atoms with van der Waals surface area (Å²) in [6.07, 6.45) is 2.40. The molecule has 0 spiro atoms. The van der Waals surface area contributed by atoms with Crippen molar-refractivity contribution in [2.75, 3.05) is 12.4 Å². The lowest BCUT2D eigenvalue weighted by atomic mass is 10.2. The second-order valence-electron chi connectivity index (χ2n) is 3.96. The van der Waals surface area contributed by atoms with Gasteiger partial charge in [-0.2, -0.15) is 5.10 Å². The van der Waals surface area contributed by atoms with Crippen LogP contribution in [0.25, 0.3) is 0 Å². The minimum Gasteiger partial charge on any atom is -0.469 e. The highest BCUT2D eigenvalue weighted by molar-refractivity contribution is 7.13. The van der Waals surface area contributed by atoms with Crippen molar-refractivity contribution >= 4 is 22.4 Å². The first-order valence-corrected chi connectivity index (χ1v) is 6.70. The molecule has 1 atom stereocenters. The van der Waals surface area contributed by atoms with Gasteiger partial charge in [-0.1, -0.05) is 0 Å². The molecule has 0 saturated carbocycles. The molecule has 0 saturated heterocycles. The van der Waals surface area contributed by atoms with Crippen molar-refractivity contribution < 1.29 is 9.53 Å². The van der Waals surface area contributed by atoms with E-state index in [1.165, 1.54) is 24.8 Å². The van der Waals surface area contributed by atoms with Gasteiger partial charge in [-0.15, -0.1) is 11.3 Å². The van der Waals surface area contributed by atoms with E-state index >= 15 is 0 Å². The average molecular weight is 281 g/mol. The highest BCUT2D eigenvalue weighted by Crippen LogP contribution is 2.21. The molecule has 8 heteroatoms. The van der Waals surface area contributed by atoms with Gasteiger partial charge < -0.3 is 10.1 Å². The van der Waals surface area contributed by atoms with E-state index in [1.54, 1.807) is 0 Å². The summed E-state index contributed by atoms with van der Waals surface area (Å²) in [6, 6.07) is 0.00195. The maximum absolute atomic E-state index is 11.0. The predicted octanol–water partition coefficient (Wildman–Crippen LogP) is 1.54. The quantitative estimate of drug-likeness (QED) is 0.780. The zero-order chi connectivity index (χ0) is 13.7. The second kappa shape index (κ2) is 6.28. The molecule has 102 valence electrons. The number of aromatic amines is 1. The van der Waals surface area contributed by atoms with E-state index in [0.29, 0.717) is 12.8 Å². The highest BCUT2D eigenvalue weighted by Gasteiger charge is 2.11. The monoisotopic (exact) mass is 281 g/mol. The number of rotatable bonds is 6. The lowest BCUT2D eigenvalue weighted by Crippen LogP contribution is -2.08. The molecule has 0 aromatic carbocycles. The number of thiazole rings is 1. The van der Waals surface area contributed by atoms with Crippen LogP contribution in [0.2, 0.25) is 0 Å². The van der Waals surface area contributed by atoms with E-state index in [-0.39, 0.29) is 12.0 Å². The molecule has 0 aliphatic rings. The van der Waals surface area contributed by atoms with Crippen LogP contribution >= 0.6 is 11.3 Å². The van der Waals surface area contributed by atoms with Crippen molar-refractivity contribution in [2.45, 2.75) is 25.8 Å². The third kappa shape index (κ3) is 3.75. The van der Waals surface area contributed by atoms with Crippen LogP contribution in [0.4, 0.5) is 5.13 Å². The van der Waals surface area contributed by atoms with Crippen molar-refractivity contribution in [3.8, 4) is 0 Å². The molecule has 2 aromatic rings. The van der Waals surface area contributed by atoms with Gasteiger partial charge in [0.05, 0.1) is 25.3 Å². The van der Waals surface area contributed by atoms with Gasteiger partial charge in [0.25, 0.3) is 0 Å². The van der Waals surface area contributed by atoms with Gasteiger partial charge in [-0.25, -0.2) is 9.97 Å². The first-order chi connectivity index (χ1) is 9.19. The molecular formula is C11H15N5O2S. The highest BCUT2D eigenvalue weighted by atomic mass is 32.1. The van der Waals surface area contributed by atoms with Crippen LogP contribution in [0.1, 0.15) is 30.9 Å². The van der Waals surface area contributed by atoms with E-state index in [0.717, 1.165) is 16.6 Å². The molecule has 0 radical (unpaired) electrons. The summed E-state index contributed by atoms with van der Waals surface area (Å²) in [5.74, 6) is 0.531. The molecule has 2 rings (SSSR count). The van der Waals surface area contributed by atoms with Crippen LogP contribution in [-0.2, 0) is 16.0 Å². The van der Waals surface area contributed by atoms with Gasteiger partial charge >= 0.3 is 5.97 Å². The number of aromatic nitrogens is 4. The third-order valence-corrected chi connectivity index (χ3v) is 3.37. The fourth-order valence-corrected chi connectivity index (χ4v) is 2.33. The van der Waals surface area contributed by atoms with E-state index in [2.05, 4.69) is 30.2 Å². The molecule has 2 aromatic heterocycles. The first-order valence-electron chi connectivity index (χ1n) is 5.82. The van der Waals surface area contributed by atoms with Gasteiger partial charge in [0.2, 0.25) is 0 Å². The number of methoxy groups -OCH3 is 1. The number of H-pyrrole nitrogens is 1. The van der Waals surface area contributed by atoms with Crippen LogP contribution in [0.5, 0.6) is 0 Å². The van der Waals surface area contributed by atoms with Gasteiger partial charge in [-0.3, -0.25) is 9.89 Å². The molecule has 0 aliphatic carbocycles. The Morgan fingerprint density at radius 3 is 3.16 bits per heavy atom. The average Bonchev–Trinajstić information content (AvgIpc) is 3.07. The molecular weight excluding hydrogens is 266 g/mol. The molecule has 0 bridgehead atoms. The molecule has 0 aliphatic heterocycles. The number of carbonyl (C=O) groups is 1. The molecule has 1 unspecified atom stereocenters. The molecule has 19 heavy (non-hydrogen) atoms. The normalized spacial score (nSPS) is 12.1. The number of hydrogen-bond donors (Lipinski definition) is 2. The van der Waals surface area contributed by atoms with Gasteiger partial charge in [-0.05, 0) is 6.92 Å². The van der Waals surface area contributed by atoms with Crippen LogP contribution in [0, 0.1) is 0 Å². The summed E-state index contributed by atoms with van der Waals surface area (Å²) in [6.45, 7) is 1.97. The lowest BCUT2D eigenvalue weighted by Gasteiger charge is -2.08. The molecule has 2 heterocycles. The van der Waals surface area contributed by atoms with E-state index in [9.17, 15) is 4.79 Å². The lowest BCUT2D eigenvalue weighted by molar-refractivity contribution is -0.140. The summed E-state index contributed by atoms with van der Waals surface area (Å²) in [5.41, 5.74) is 0.877. The topological polar surface area (TPSA) is 92.8 Å². The van der Waals surface area contributed by atoms with Crippen LogP contribution in [0.15, 0.2) is 11.7 Å². The SMILES string of the molecule is COC(=O)CCc1csc(NC(C)c2ncn[nH]2)n1. The fourth-order valence-electron chi connectivity index (χ4n) is 1.50. The number of anilines is 1. The van der Waals surface area contributed by atoms with E-state index in [1.807, 2.05) is 12.3 Å². The Morgan fingerprint density at radius 1 is 1.63 bits per heavy atom. The molecule has 2 N–H and O–H groups in total. The van der Waals surface area contributed by atoms with E-state index < -0.39 is 0 Å². The number of ether oxygens (including phenoxy) is 1. The Morgan fingerprint density at radius 2 is 2.47 bits per heavy atom. The van der Waals surface area contributed by atoms with Crippen LogP contribution in [-0.4, -0.2) is 33.2 Å². The zero-order valence-electron chi connectivity index (χ0n) is 10.7. The first kappa shape index (κ1) is 13.5. The number of aryl methyl sites for hydroxylation is 1. The predicted molar refractivity (Wildman–Crippen MR) is 70.9 cm³/mol. The Balaban J connectivity index is 1.88. The van der Waals surface area contributed by atoms with Gasteiger partial charge in [0.1, 0.15) is 12.2 Å². The Kier molecular flexibility index (Phi) is 4.45. The van der Waals surface area contributed by atoms with Gasteiger partial charge in [0, 0.05) is 11.8 Å². The molecule has 7 nitrogen and oxygen atoms in total. The van der Waals surface area contributed by atoms with Crippen LogP contribution < -0.4 is 5.32 Å². The largest absolute Gasteiger partial charge is 0.469 e. The smallest absolute Gasteiger partial charge is 0.305 e. The summed E-state index contributed by atoms with van der Waals surface area (Å²) in [4.78, 5) is 19.5. The van der Waals surface area contributed by atoms with Crippen molar-refractivity contribution in [3.63, 3.8) is 0 Å². The van der Waals surface area contributed by atoms with E-state index in [4.69, 9.17) is 0 Å². The number of hydrogen-bond acceptors (Lipinski definition) is 7. The van der Waals surface area contributed by atoms with Crippen molar-refractivity contribution in [2.24, 2.45) is 0 Å². The fraction of sp³-hybridized carbons (Fsp3) is 0.455. The third-order valence-electron chi connectivity index (χ3n) is 2.55. The van der Waals surface area contributed by atoms with Gasteiger partial charge in [0.15, 0.2) is 5.13 Å². The standard InChI is InChI=1S/C11H15N5O2S/c1-7(10-12-6-13-16-10)14-11-15-8(5-19-11)3-4-9(17)18-2/h5-7H,3-4H2,1-2H3,(H,14,15)(H,12,13,16). The maximum Gasteiger partial charge on any atom is 0.305 e. The maximum atomic E-state index is 11.0.